The second-order valence-electron chi connectivity index (χ2n) is 7.36. The van der Waals surface area contributed by atoms with Gasteiger partial charge in [0.1, 0.15) is 0 Å². The van der Waals surface area contributed by atoms with Crippen molar-refractivity contribution in [1.29, 1.82) is 0 Å². The third-order valence-electron chi connectivity index (χ3n) is 5.76. The zero-order valence-electron chi connectivity index (χ0n) is 15.6. The number of carbonyl (C=O) groups excluding carboxylic acids is 1. The van der Waals surface area contributed by atoms with E-state index >= 15 is 0 Å². The number of urea groups is 1. The number of hydrogen-bond donors (Lipinski definition) is 2. The summed E-state index contributed by atoms with van der Waals surface area (Å²) in [4.78, 5) is 20.6. The van der Waals surface area contributed by atoms with Crippen molar-refractivity contribution < 1.29 is 4.79 Å². The van der Waals surface area contributed by atoms with Crippen LogP contribution in [-0.2, 0) is 6.42 Å². The van der Waals surface area contributed by atoms with E-state index in [-0.39, 0.29) is 12.1 Å². The topological polar surface area (TPSA) is 57.3 Å². The van der Waals surface area contributed by atoms with Gasteiger partial charge < -0.3 is 10.6 Å². The molecule has 5 rings (SSSR count). The average Bonchev–Trinajstić information content (AvgIpc) is 2.71. The lowest BCUT2D eigenvalue weighted by atomic mass is 9.77. The van der Waals surface area contributed by atoms with E-state index in [2.05, 4.69) is 26.6 Å². The number of thioether (sulfide) groups is 1. The van der Waals surface area contributed by atoms with Crippen molar-refractivity contribution in [2.45, 2.75) is 36.2 Å². The van der Waals surface area contributed by atoms with E-state index in [1.54, 1.807) is 11.8 Å². The number of aromatic nitrogens is 1. The summed E-state index contributed by atoms with van der Waals surface area (Å²) in [5.41, 5.74) is 2.07. The van der Waals surface area contributed by atoms with E-state index in [9.17, 15) is 4.79 Å². The number of carbonyl (C=O) groups is 1. The highest BCUT2D eigenvalue weighted by atomic mass is 32.2. The van der Waals surface area contributed by atoms with Crippen molar-refractivity contribution >= 4 is 23.5 Å². The normalized spacial score (nSPS) is 26.6. The molecule has 0 saturated carbocycles. The first-order valence-corrected chi connectivity index (χ1v) is 10.8. The summed E-state index contributed by atoms with van der Waals surface area (Å²) in [5.74, 6) is 0.556. The van der Waals surface area contributed by atoms with E-state index in [0.717, 1.165) is 42.9 Å². The van der Waals surface area contributed by atoms with Gasteiger partial charge in [0, 0.05) is 35.1 Å². The first kappa shape index (κ1) is 18.3. The molecule has 2 bridgehead atoms. The number of pyridine rings is 1. The van der Waals surface area contributed by atoms with Crippen LogP contribution >= 0.6 is 11.8 Å². The van der Waals surface area contributed by atoms with E-state index in [4.69, 9.17) is 0 Å². The fourth-order valence-electron chi connectivity index (χ4n) is 4.40. The number of nitrogens with one attached hydrogen (secondary N) is 2. The molecule has 3 saturated heterocycles. The highest BCUT2D eigenvalue weighted by molar-refractivity contribution is 7.98. The van der Waals surface area contributed by atoms with Gasteiger partial charge in [0.05, 0.1) is 0 Å². The number of amides is 2. The Morgan fingerprint density at radius 2 is 2.11 bits per heavy atom. The maximum Gasteiger partial charge on any atom is 0.319 e. The minimum atomic E-state index is -0.108. The molecule has 2 N–H and O–H groups in total. The summed E-state index contributed by atoms with van der Waals surface area (Å²) < 4.78 is 0. The molecule has 6 heteroatoms. The molecule has 142 valence electrons. The van der Waals surface area contributed by atoms with Crippen LogP contribution in [-0.4, -0.2) is 47.3 Å². The summed E-state index contributed by atoms with van der Waals surface area (Å²) in [6.07, 6.45) is 9.04. The first-order chi connectivity index (χ1) is 13.2. The number of anilines is 1. The van der Waals surface area contributed by atoms with Gasteiger partial charge in [0.25, 0.3) is 0 Å². The third-order valence-corrected chi connectivity index (χ3v) is 6.48. The van der Waals surface area contributed by atoms with Gasteiger partial charge in [-0.25, -0.2) is 4.79 Å². The summed E-state index contributed by atoms with van der Waals surface area (Å²) in [7, 11) is 0. The SMILES string of the molecule is CSc1cccc(NC(=O)NC2C3CCN(CC3)C2Cc2cccnc2)c1. The number of hydrogen-bond acceptors (Lipinski definition) is 4. The molecule has 27 heavy (non-hydrogen) atoms. The van der Waals surface area contributed by atoms with Crippen molar-refractivity contribution in [1.82, 2.24) is 15.2 Å². The van der Waals surface area contributed by atoms with Crippen LogP contribution in [0.5, 0.6) is 0 Å². The molecule has 2 amide bonds. The van der Waals surface area contributed by atoms with Crippen LogP contribution in [0.4, 0.5) is 10.5 Å². The average molecular weight is 383 g/mol. The molecule has 3 aliphatic heterocycles. The quantitative estimate of drug-likeness (QED) is 0.776. The molecule has 0 aliphatic carbocycles. The van der Waals surface area contributed by atoms with Crippen LogP contribution in [0.25, 0.3) is 0 Å². The second kappa shape index (κ2) is 8.31. The van der Waals surface area contributed by atoms with Gasteiger partial charge >= 0.3 is 6.03 Å². The lowest BCUT2D eigenvalue weighted by Gasteiger charge is -2.51. The molecule has 3 fully saturated rings. The van der Waals surface area contributed by atoms with E-state index < -0.39 is 0 Å². The van der Waals surface area contributed by atoms with Crippen LogP contribution in [0.1, 0.15) is 18.4 Å². The molecule has 4 heterocycles. The highest BCUT2D eigenvalue weighted by Crippen LogP contribution is 2.34. The summed E-state index contributed by atoms with van der Waals surface area (Å²) in [6, 6.07) is 12.5. The predicted molar refractivity (Wildman–Crippen MR) is 110 cm³/mol. The Morgan fingerprint density at radius 3 is 2.85 bits per heavy atom. The van der Waals surface area contributed by atoms with Crippen LogP contribution < -0.4 is 10.6 Å². The molecule has 2 atom stereocenters. The van der Waals surface area contributed by atoms with Crippen LogP contribution in [0.15, 0.2) is 53.7 Å². The fourth-order valence-corrected chi connectivity index (χ4v) is 4.86. The highest BCUT2D eigenvalue weighted by Gasteiger charge is 2.42. The lowest BCUT2D eigenvalue weighted by molar-refractivity contribution is 0.0184. The Labute approximate surface area is 164 Å². The molecule has 0 spiro atoms. The predicted octanol–water partition coefficient (Wildman–Crippen LogP) is 3.63. The lowest BCUT2D eigenvalue weighted by Crippen LogP contribution is -2.64. The maximum atomic E-state index is 12.7. The van der Waals surface area contributed by atoms with E-state index in [1.165, 1.54) is 5.56 Å². The molecule has 1 aromatic heterocycles. The summed E-state index contributed by atoms with van der Waals surface area (Å²) in [5, 5.41) is 6.30. The molecule has 2 unspecified atom stereocenters. The van der Waals surface area contributed by atoms with Crippen LogP contribution in [0.3, 0.4) is 0 Å². The van der Waals surface area contributed by atoms with Crippen molar-refractivity contribution in [2.75, 3.05) is 24.7 Å². The largest absolute Gasteiger partial charge is 0.333 e. The Kier molecular flexibility index (Phi) is 5.64. The maximum absolute atomic E-state index is 12.7. The van der Waals surface area contributed by atoms with Gasteiger partial charge in [0.2, 0.25) is 0 Å². The molecule has 1 aromatic carbocycles. The Bertz CT molecular complexity index is 777. The van der Waals surface area contributed by atoms with E-state index in [1.807, 2.05) is 49.0 Å². The van der Waals surface area contributed by atoms with Gasteiger partial charge in [-0.3, -0.25) is 9.88 Å². The van der Waals surface area contributed by atoms with Crippen molar-refractivity contribution in [3.05, 3.63) is 54.4 Å². The Hall–Kier alpha value is -2.05. The molecule has 3 aliphatic rings. The van der Waals surface area contributed by atoms with Gasteiger partial charge in [-0.15, -0.1) is 11.8 Å². The van der Waals surface area contributed by atoms with E-state index in [0.29, 0.717) is 12.0 Å². The molecule has 2 aromatic rings. The molecule has 5 nitrogen and oxygen atoms in total. The van der Waals surface area contributed by atoms with Crippen LogP contribution in [0.2, 0.25) is 0 Å². The molecule has 0 radical (unpaired) electrons. The number of rotatable bonds is 5. The van der Waals surface area contributed by atoms with Gasteiger partial charge in [-0.05, 0) is 74.4 Å². The first-order valence-electron chi connectivity index (χ1n) is 9.57. The minimum Gasteiger partial charge on any atom is -0.333 e. The summed E-state index contributed by atoms with van der Waals surface area (Å²) >= 11 is 1.67. The number of benzene rings is 1. The van der Waals surface area contributed by atoms with Gasteiger partial charge in [-0.2, -0.15) is 0 Å². The standard InChI is InChI=1S/C21H26N4OS/c1-27-18-6-2-5-17(13-18)23-21(26)24-20-16-7-10-25(11-8-16)19(20)12-15-4-3-9-22-14-15/h2-6,9,13-14,16,19-20H,7-8,10-12H2,1H3,(H2,23,24,26). The number of nitrogens with zero attached hydrogens (tertiary/aromatic N) is 2. The molecular weight excluding hydrogens is 356 g/mol. The number of piperidine rings is 3. The monoisotopic (exact) mass is 382 g/mol. The van der Waals surface area contributed by atoms with Crippen LogP contribution in [0, 0.1) is 5.92 Å². The van der Waals surface area contributed by atoms with Crippen molar-refractivity contribution in [2.24, 2.45) is 5.92 Å². The zero-order chi connectivity index (χ0) is 18.6. The second-order valence-corrected chi connectivity index (χ2v) is 8.24. The minimum absolute atomic E-state index is 0.108. The Balaban J connectivity index is 1.45. The smallest absolute Gasteiger partial charge is 0.319 e. The zero-order valence-corrected chi connectivity index (χ0v) is 16.4. The van der Waals surface area contributed by atoms with Crippen molar-refractivity contribution in [3.63, 3.8) is 0 Å². The Morgan fingerprint density at radius 1 is 1.26 bits per heavy atom. The third kappa shape index (κ3) is 4.28. The fraction of sp³-hybridized carbons (Fsp3) is 0.429. The van der Waals surface area contributed by atoms with Crippen molar-refractivity contribution in [3.8, 4) is 0 Å². The number of fused-ring (bicyclic) bond motifs is 3. The molecular formula is C21H26N4OS. The van der Waals surface area contributed by atoms with Gasteiger partial charge in [-0.1, -0.05) is 12.1 Å². The van der Waals surface area contributed by atoms with Gasteiger partial charge in [0.15, 0.2) is 0 Å². The summed E-state index contributed by atoms with van der Waals surface area (Å²) in [6.45, 7) is 2.26.